The summed E-state index contributed by atoms with van der Waals surface area (Å²) in [4.78, 5) is 24.4. The molecule has 4 saturated heterocycles. The van der Waals surface area contributed by atoms with E-state index in [9.17, 15) is 34.8 Å². The van der Waals surface area contributed by atoms with Crippen LogP contribution in [-0.2, 0) is 53.4 Å². The predicted octanol–water partition coefficient (Wildman–Crippen LogP) is 2.57. The fourth-order valence-corrected chi connectivity index (χ4v) is 9.00. The van der Waals surface area contributed by atoms with Crippen molar-refractivity contribution >= 4 is 26.3 Å². The summed E-state index contributed by atoms with van der Waals surface area (Å²) in [6, 6.07) is 0. The quantitative estimate of drug-likeness (QED) is 0.186. The number of hydrogen-bond acceptors (Lipinski definition) is 16. The molecule has 0 radical (unpaired) electrons. The first kappa shape index (κ1) is 48.3. The molecule has 50 heavy (non-hydrogen) atoms. The van der Waals surface area contributed by atoms with Crippen LogP contribution in [0.3, 0.4) is 0 Å². The van der Waals surface area contributed by atoms with E-state index < -0.39 is 63.4 Å². The van der Waals surface area contributed by atoms with Crippen molar-refractivity contribution in [2.24, 2.45) is 11.8 Å². The van der Waals surface area contributed by atoms with Crippen molar-refractivity contribution in [2.45, 2.75) is 168 Å². The van der Waals surface area contributed by atoms with Crippen molar-refractivity contribution in [3.8, 4) is 0 Å². The second-order valence-electron chi connectivity index (χ2n) is 12.5. The van der Waals surface area contributed by atoms with Crippen LogP contribution >= 0.6 is 14.5 Å². The number of ether oxygens (including phenoxy) is 4. The van der Waals surface area contributed by atoms with E-state index in [4.69, 9.17) is 48.8 Å². The Morgan fingerprint density at radius 1 is 0.720 bits per heavy atom. The Balaban J connectivity index is 0.000000455. The molecule has 0 saturated carbocycles. The third kappa shape index (κ3) is 14.5. The Morgan fingerprint density at radius 2 is 1.22 bits per heavy atom. The summed E-state index contributed by atoms with van der Waals surface area (Å²) in [5, 5.41) is 38.5. The number of aliphatic hydroxyl groups is 4. The van der Waals surface area contributed by atoms with Gasteiger partial charge in [0.25, 0.3) is 7.82 Å². The number of hydrogen-bond donors (Lipinski definition) is 4. The van der Waals surface area contributed by atoms with E-state index in [-0.39, 0.29) is 62.7 Å². The van der Waals surface area contributed by atoms with Gasteiger partial charge in [0.1, 0.15) is 31.1 Å². The molecule has 4 aliphatic rings. The van der Waals surface area contributed by atoms with Crippen molar-refractivity contribution in [2.75, 3.05) is 26.4 Å². The van der Waals surface area contributed by atoms with Gasteiger partial charge < -0.3 is 67.3 Å². The Morgan fingerprint density at radius 3 is 1.72 bits per heavy atom. The maximum atomic E-state index is 12.3. The maximum absolute atomic E-state index is 12.3. The van der Waals surface area contributed by atoms with Gasteiger partial charge in [-0.3, -0.25) is 4.57 Å². The molecule has 4 fully saturated rings. The molecule has 0 aromatic rings. The van der Waals surface area contributed by atoms with Crippen LogP contribution in [0.4, 0.5) is 0 Å². The Labute approximate surface area is 304 Å². The molecule has 4 heterocycles. The smallest absolute Gasteiger partial charge is 0.268 e. The lowest BCUT2D eigenvalue weighted by Gasteiger charge is -2.32. The Kier molecular flexibility index (Phi) is 22.5. The highest BCUT2D eigenvalue weighted by Crippen LogP contribution is 2.47. The summed E-state index contributed by atoms with van der Waals surface area (Å²) < 4.78 is 54.7. The number of aliphatic hydroxyl groups excluding tert-OH is 4. The lowest BCUT2D eigenvalue weighted by atomic mass is 9.95. The second kappa shape index (κ2) is 23.3. The molecule has 16 atom stereocenters. The molecule has 0 spiro atoms. The SMILES string of the molecule is CC.CC.CC[C@H]1C(O)[C@@H](COP([O-])(=S)OC2C[C@H](C)O[C@@H]2CO)O[C@H]1C.CC[C@H]1C(OP(=O)([O-])OC[C@H]2O[C@@H](C)CC2O)[C@@H](CO)O[C@H]1C. The second-order valence-corrected chi connectivity index (χ2v) is 16.5. The van der Waals surface area contributed by atoms with Gasteiger partial charge in [-0.2, -0.15) is 0 Å². The summed E-state index contributed by atoms with van der Waals surface area (Å²) in [6.45, 7) is 14.6. The first-order chi connectivity index (χ1) is 23.5. The zero-order valence-corrected chi connectivity index (χ0v) is 33.9. The first-order valence-electron chi connectivity index (χ1n) is 18.0. The molecule has 300 valence electrons. The lowest BCUT2D eigenvalue weighted by molar-refractivity contribution is -0.235. The van der Waals surface area contributed by atoms with Crippen molar-refractivity contribution in [1.82, 2.24) is 0 Å². The Bertz CT molecular complexity index is 1030. The number of phosphoric acid groups is 1. The van der Waals surface area contributed by atoms with Crippen molar-refractivity contribution in [3.63, 3.8) is 0 Å². The van der Waals surface area contributed by atoms with Crippen molar-refractivity contribution in [1.29, 1.82) is 0 Å². The van der Waals surface area contributed by atoms with Gasteiger partial charge in [-0.05, 0) is 40.5 Å². The highest BCUT2D eigenvalue weighted by molar-refractivity contribution is 8.06. The molecule has 0 aromatic heterocycles. The van der Waals surface area contributed by atoms with E-state index in [2.05, 4.69) is 0 Å². The van der Waals surface area contributed by atoms with E-state index in [0.29, 0.717) is 19.3 Å². The molecular formula is C32H64O15P2S-2. The van der Waals surface area contributed by atoms with E-state index in [0.717, 1.165) is 6.42 Å². The first-order valence-corrected chi connectivity index (χ1v) is 22.0. The zero-order valence-electron chi connectivity index (χ0n) is 31.3. The predicted molar refractivity (Wildman–Crippen MR) is 187 cm³/mol. The van der Waals surface area contributed by atoms with Crippen LogP contribution in [0.5, 0.6) is 0 Å². The molecule has 18 heteroatoms. The van der Waals surface area contributed by atoms with Crippen LogP contribution < -0.4 is 9.79 Å². The largest absolute Gasteiger partial charge is 0.780 e. The van der Waals surface area contributed by atoms with Gasteiger partial charge in [-0.15, -0.1) is 0 Å². The summed E-state index contributed by atoms with van der Waals surface area (Å²) in [5.41, 5.74) is 0. The van der Waals surface area contributed by atoms with Gasteiger partial charge in [-0.25, -0.2) is 0 Å². The van der Waals surface area contributed by atoms with E-state index in [1.807, 2.05) is 62.3 Å². The zero-order chi connectivity index (χ0) is 38.4. The summed E-state index contributed by atoms with van der Waals surface area (Å²) in [5.74, 6) is -0.122. The van der Waals surface area contributed by atoms with Crippen LogP contribution in [0.15, 0.2) is 0 Å². The minimum atomic E-state index is -4.60. The molecule has 4 N–H and O–H groups in total. The minimum Gasteiger partial charge on any atom is -0.780 e. The maximum Gasteiger partial charge on any atom is 0.268 e. The van der Waals surface area contributed by atoms with Gasteiger partial charge in [0.05, 0.1) is 75.3 Å². The standard InChI is InChI=1S/C14H27O8P.C14H27O7PS.2C2H6/c1-4-10-9(3)21-12(6-15)14(10)22-23(17,18)19-7-13-11(16)5-8(2)20-13;1-4-10-9(3)20-13(14(10)16)7-18-22(17,23)21-11-5-8(2)19-12(11)6-15;2*1-2/h8-16H,4-7H2,1-3H3,(H,17,18);8-16H,4-7H2,1-3H3,(H,17,23);2*1-2H3/p-2/t8-,9-,10+,11?,12+,13+,14?;8-,9-,10+,11?,12+,13+,14?,22?;;/m00../s1. The van der Waals surface area contributed by atoms with Crippen LogP contribution in [0.25, 0.3) is 0 Å². The highest BCUT2D eigenvalue weighted by atomic mass is 32.5. The third-order valence-electron chi connectivity index (χ3n) is 9.00. The Hall–Kier alpha value is 0.320. The van der Waals surface area contributed by atoms with E-state index >= 15 is 0 Å². The minimum absolute atomic E-state index is 0.0249. The van der Waals surface area contributed by atoms with Crippen LogP contribution in [0, 0.1) is 11.8 Å². The third-order valence-corrected chi connectivity index (χ3v) is 11.5. The average Bonchev–Trinajstić information content (AvgIpc) is 3.78. The van der Waals surface area contributed by atoms with Gasteiger partial charge in [0.2, 0.25) is 0 Å². The van der Waals surface area contributed by atoms with E-state index in [1.54, 1.807) is 6.92 Å². The van der Waals surface area contributed by atoms with Gasteiger partial charge in [0, 0.05) is 24.7 Å². The molecule has 15 nitrogen and oxygen atoms in total. The molecule has 0 aromatic carbocycles. The fraction of sp³-hybridized carbons (Fsp3) is 1.00. The van der Waals surface area contributed by atoms with Crippen LogP contribution in [0.1, 0.15) is 94.9 Å². The number of rotatable bonds is 14. The molecule has 0 aliphatic carbocycles. The van der Waals surface area contributed by atoms with Crippen molar-refractivity contribution in [3.05, 3.63) is 0 Å². The van der Waals surface area contributed by atoms with Crippen LogP contribution in [0.2, 0.25) is 0 Å². The van der Waals surface area contributed by atoms with Gasteiger partial charge >= 0.3 is 0 Å². The monoisotopic (exact) mass is 782 g/mol. The molecule has 6 unspecified atom stereocenters. The molecule has 4 aliphatic heterocycles. The molecule has 0 amide bonds. The molecule has 0 bridgehead atoms. The van der Waals surface area contributed by atoms with Gasteiger partial charge in [-0.1, -0.05) is 53.3 Å². The summed E-state index contributed by atoms with van der Waals surface area (Å²) >= 11 is 4.92. The molecular weight excluding hydrogens is 718 g/mol. The highest BCUT2D eigenvalue weighted by Gasteiger charge is 2.44. The fourth-order valence-electron chi connectivity index (χ4n) is 6.56. The normalized spacial score (nSPS) is 40.4. The molecule has 4 rings (SSSR count). The summed E-state index contributed by atoms with van der Waals surface area (Å²) in [7, 11) is -4.60. The van der Waals surface area contributed by atoms with Crippen molar-refractivity contribution < 1.29 is 71.8 Å². The topological polar surface area (TPSA) is 218 Å². The van der Waals surface area contributed by atoms with Crippen LogP contribution in [-0.4, -0.2) is 120 Å². The van der Waals surface area contributed by atoms with E-state index in [1.165, 1.54) is 0 Å². The average molecular weight is 783 g/mol. The van der Waals surface area contributed by atoms with Gasteiger partial charge in [0.15, 0.2) is 0 Å². The summed E-state index contributed by atoms with van der Waals surface area (Å²) in [6.07, 6.45) is -3.44. The lowest BCUT2D eigenvalue weighted by Crippen LogP contribution is -2.34. The number of phosphoric ester groups is 1.